The van der Waals surface area contributed by atoms with E-state index in [-0.39, 0.29) is 0 Å². The molecule has 1 heterocycles. The number of rotatable bonds is 7. The summed E-state index contributed by atoms with van der Waals surface area (Å²) in [4.78, 5) is 0. The van der Waals surface area contributed by atoms with Crippen molar-refractivity contribution in [2.75, 3.05) is 32.8 Å². The highest BCUT2D eigenvalue weighted by Crippen LogP contribution is 2.08. The zero-order valence-electron chi connectivity index (χ0n) is 11.1. The highest BCUT2D eigenvalue weighted by atomic mass is 16.5. The summed E-state index contributed by atoms with van der Waals surface area (Å²) in [5, 5.41) is 6.81. The van der Waals surface area contributed by atoms with Crippen molar-refractivity contribution in [2.45, 2.75) is 39.7 Å². The Hall–Kier alpha value is -0.120. The van der Waals surface area contributed by atoms with E-state index in [1.165, 1.54) is 12.8 Å². The quantitative estimate of drug-likeness (QED) is 0.650. The molecule has 1 saturated heterocycles. The normalized spacial score (nSPS) is 20.2. The molecule has 1 aliphatic rings. The van der Waals surface area contributed by atoms with Gasteiger partial charge in [-0.1, -0.05) is 20.8 Å². The Labute approximate surface area is 100 Å². The molecule has 1 atom stereocenters. The molecule has 3 heteroatoms. The fourth-order valence-electron chi connectivity index (χ4n) is 1.83. The third-order valence-electron chi connectivity index (χ3n) is 3.52. The fraction of sp³-hybridized carbons (Fsp3) is 1.00. The largest absolute Gasteiger partial charge is 0.377 e. The summed E-state index contributed by atoms with van der Waals surface area (Å²) in [5.74, 6) is 1.51. The smallest absolute Gasteiger partial charge is 0.0600 e. The SMILES string of the molecule is CC(C)C(C)CNCCOC1CCNCC1. The van der Waals surface area contributed by atoms with E-state index in [1.807, 2.05) is 0 Å². The van der Waals surface area contributed by atoms with Gasteiger partial charge in [-0.05, 0) is 44.3 Å². The Balaban J connectivity index is 1.91. The lowest BCUT2D eigenvalue weighted by Gasteiger charge is -2.23. The molecule has 1 fully saturated rings. The second-order valence-electron chi connectivity index (χ2n) is 5.25. The Morgan fingerprint density at radius 2 is 1.94 bits per heavy atom. The average Bonchev–Trinajstić information content (AvgIpc) is 2.29. The molecule has 0 bridgehead atoms. The lowest BCUT2D eigenvalue weighted by Crippen LogP contribution is -2.34. The maximum atomic E-state index is 5.82. The van der Waals surface area contributed by atoms with Crippen LogP contribution in [0.1, 0.15) is 33.6 Å². The average molecular weight is 228 g/mol. The fourth-order valence-corrected chi connectivity index (χ4v) is 1.83. The summed E-state index contributed by atoms with van der Waals surface area (Å²) in [6, 6.07) is 0. The molecule has 16 heavy (non-hydrogen) atoms. The monoisotopic (exact) mass is 228 g/mol. The van der Waals surface area contributed by atoms with Gasteiger partial charge < -0.3 is 15.4 Å². The van der Waals surface area contributed by atoms with Crippen molar-refractivity contribution in [1.82, 2.24) is 10.6 Å². The molecule has 0 spiro atoms. The second kappa shape index (κ2) is 8.04. The molecule has 0 aliphatic carbocycles. The molecule has 3 nitrogen and oxygen atoms in total. The van der Waals surface area contributed by atoms with E-state index in [0.717, 1.165) is 44.6 Å². The van der Waals surface area contributed by atoms with Crippen LogP contribution in [-0.4, -0.2) is 38.9 Å². The summed E-state index contributed by atoms with van der Waals surface area (Å²) >= 11 is 0. The molecule has 1 rings (SSSR count). The van der Waals surface area contributed by atoms with Crippen molar-refractivity contribution < 1.29 is 4.74 Å². The van der Waals surface area contributed by atoms with Gasteiger partial charge in [0.25, 0.3) is 0 Å². The first kappa shape index (κ1) is 13.9. The van der Waals surface area contributed by atoms with E-state index in [9.17, 15) is 0 Å². The molecule has 0 aromatic rings. The van der Waals surface area contributed by atoms with Gasteiger partial charge in [-0.15, -0.1) is 0 Å². The minimum absolute atomic E-state index is 0.491. The van der Waals surface area contributed by atoms with Gasteiger partial charge in [-0.3, -0.25) is 0 Å². The predicted molar refractivity (Wildman–Crippen MR) is 68.7 cm³/mol. The summed E-state index contributed by atoms with van der Waals surface area (Å²) in [6.45, 7) is 12.0. The van der Waals surface area contributed by atoms with Crippen molar-refractivity contribution in [3.63, 3.8) is 0 Å². The minimum atomic E-state index is 0.491. The van der Waals surface area contributed by atoms with Crippen molar-refractivity contribution in [1.29, 1.82) is 0 Å². The van der Waals surface area contributed by atoms with Crippen LogP contribution < -0.4 is 10.6 Å². The Morgan fingerprint density at radius 1 is 1.25 bits per heavy atom. The Kier molecular flexibility index (Phi) is 7.01. The highest BCUT2D eigenvalue weighted by molar-refractivity contribution is 4.68. The van der Waals surface area contributed by atoms with Crippen molar-refractivity contribution in [3.8, 4) is 0 Å². The van der Waals surface area contributed by atoms with Crippen molar-refractivity contribution in [2.24, 2.45) is 11.8 Å². The zero-order valence-corrected chi connectivity index (χ0v) is 11.1. The molecule has 0 radical (unpaired) electrons. The Bertz CT molecular complexity index is 167. The van der Waals surface area contributed by atoms with Gasteiger partial charge in [-0.25, -0.2) is 0 Å². The lowest BCUT2D eigenvalue weighted by molar-refractivity contribution is 0.0345. The molecule has 2 N–H and O–H groups in total. The van der Waals surface area contributed by atoms with Crippen LogP contribution >= 0.6 is 0 Å². The van der Waals surface area contributed by atoms with Gasteiger partial charge >= 0.3 is 0 Å². The molecule has 0 amide bonds. The van der Waals surface area contributed by atoms with Crippen LogP contribution in [0, 0.1) is 11.8 Å². The summed E-state index contributed by atoms with van der Waals surface area (Å²) in [5.41, 5.74) is 0. The third-order valence-corrected chi connectivity index (χ3v) is 3.52. The molecule has 0 aromatic carbocycles. The first-order chi connectivity index (χ1) is 7.70. The molecular formula is C13H28N2O. The van der Waals surface area contributed by atoms with Gasteiger partial charge in [0.1, 0.15) is 0 Å². The standard InChI is InChI=1S/C13H28N2O/c1-11(2)12(3)10-15-8-9-16-13-4-6-14-7-5-13/h11-15H,4-10H2,1-3H3. The zero-order chi connectivity index (χ0) is 11.8. The van der Waals surface area contributed by atoms with Crippen molar-refractivity contribution in [3.05, 3.63) is 0 Å². The van der Waals surface area contributed by atoms with Crippen LogP contribution in [0.5, 0.6) is 0 Å². The molecule has 1 unspecified atom stereocenters. The highest BCUT2D eigenvalue weighted by Gasteiger charge is 2.12. The topological polar surface area (TPSA) is 33.3 Å². The minimum Gasteiger partial charge on any atom is -0.377 e. The van der Waals surface area contributed by atoms with Gasteiger partial charge in [0.05, 0.1) is 12.7 Å². The molecule has 0 aromatic heterocycles. The molecule has 96 valence electrons. The molecule has 0 saturated carbocycles. The number of hydrogen-bond donors (Lipinski definition) is 2. The third kappa shape index (κ3) is 5.83. The van der Waals surface area contributed by atoms with Crippen LogP contribution in [0.15, 0.2) is 0 Å². The number of piperidine rings is 1. The maximum Gasteiger partial charge on any atom is 0.0600 e. The first-order valence-corrected chi connectivity index (χ1v) is 6.73. The maximum absolute atomic E-state index is 5.82. The van der Waals surface area contributed by atoms with E-state index in [0.29, 0.717) is 6.10 Å². The second-order valence-corrected chi connectivity index (χ2v) is 5.25. The van der Waals surface area contributed by atoms with Crippen LogP contribution in [-0.2, 0) is 4.74 Å². The number of hydrogen-bond acceptors (Lipinski definition) is 3. The van der Waals surface area contributed by atoms with Crippen LogP contribution in [0.25, 0.3) is 0 Å². The summed E-state index contributed by atoms with van der Waals surface area (Å²) in [7, 11) is 0. The lowest BCUT2D eigenvalue weighted by atomic mass is 9.98. The summed E-state index contributed by atoms with van der Waals surface area (Å²) in [6.07, 6.45) is 2.83. The van der Waals surface area contributed by atoms with E-state index in [1.54, 1.807) is 0 Å². The van der Waals surface area contributed by atoms with Gasteiger partial charge in [0, 0.05) is 6.54 Å². The van der Waals surface area contributed by atoms with Gasteiger partial charge in [0.2, 0.25) is 0 Å². The number of nitrogens with one attached hydrogen (secondary N) is 2. The van der Waals surface area contributed by atoms with Gasteiger partial charge in [-0.2, -0.15) is 0 Å². The Morgan fingerprint density at radius 3 is 2.56 bits per heavy atom. The van der Waals surface area contributed by atoms with Crippen molar-refractivity contribution >= 4 is 0 Å². The van der Waals surface area contributed by atoms with Crippen LogP contribution in [0.2, 0.25) is 0 Å². The van der Waals surface area contributed by atoms with E-state index < -0.39 is 0 Å². The molecular weight excluding hydrogens is 200 g/mol. The van der Waals surface area contributed by atoms with Gasteiger partial charge in [0.15, 0.2) is 0 Å². The van der Waals surface area contributed by atoms with Crippen LogP contribution in [0.3, 0.4) is 0 Å². The molecule has 1 aliphatic heterocycles. The van der Waals surface area contributed by atoms with E-state index in [2.05, 4.69) is 31.4 Å². The number of ether oxygens (including phenoxy) is 1. The van der Waals surface area contributed by atoms with E-state index in [4.69, 9.17) is 4.74 Å². The summed E-state index contributed by atoms with van der Waals surface area (Å²) < 4.78 is 5.82. The van der Waals surface area contributed by atoms with Crippen LogP contribution in [0.4, 0.5) is 0 Å². The first-order valence-electron chi connectivity index (χ1n) is 6.73. The predicted octanol–water partition coefficient (Wildman–Crippen LogP) is 1.64. The van der Waals surface area contributed by atoms with E-state index >= 15 is 0 Å².